The molecule has 1 saturated carbocycles. The van der Waals surface area contributed by atoms with Crippen LogP contribution in [0.2, 0.25) is 0 Å². The maximum atomic E-state index is 13.4. The second-order valence-electron chi connectivity index (χ2n) is 9.89. The Bertz CT molecular complexity index is 869. The minimum absolute atomic E-state index is 0.0812. The van der Waals surface area contributed by atoms with Crippen LogP contribution >= 0.6 is 0 Å². The lowest BCUT2D eigenvalue weighted by molar-refractivity contribution is -0.921. The van der Waals surface area contributed by atoms with Crippen molar-refractivity contribution in [3.05, 3.63) is 66.0 Å². The Morgan fingerprint density at radius 1 is 1.06 bits per heavy atom. The topological polar surface area (TPSA) is 59.4 Å². The van der Waals surface area contributed by atoms with E-state index in [2.05, 4.69) is 24.2 Å². The number of aliphatic hydroxyl groups is 1. The summed E-state index contributed by atoms with van der Waals surface area (Å²) in [5.74, 6) is -0.550. The van der Waals surface area contributed by atoms with Crippen molar-refractivity contribution in [2.75, 3.05) is 26.7 Å². The van der Waals surface area contributed by atoms with Crippen molar-refractivity contribution in [3.8, 4) is 0 Å². The Labute approximate surface area is 192 Å². The van der Waals surface area contributed by atoms with E-state index in [1.165, 1.54) is 12.0 Å². The van der Waals surface area contributed by atoms with E-state index in [1.807, 2.05) is 42.7 Å². The van der Waals surface area contributed by atoms with E-state index in [9.17, 15) is 9.90 Å². The number of aromatic nitrogens is 1. The fourth-order valence-electron chi connectivity index (χ4n) is 5.69. The third-order valence-corrected chi connectivity index (χ3v) is 7.88. The molecule has 0 amide bonds. The molecule has 0 bridgehead atoms. The molecule has 2 aromatic rings. The summed E-state index contributed by atoms with van der Waals surface area (Å²) in [4.78, 5) is 17.5. The van der Waals surface area contributed by atoms with Crippen LogP contribution in [0.15, 0.2) is 54.9 Å². The molecule has 1 aliphatic carbocycles. The number of likely N-dealkylation sites (N-methyl/N-ethyl adjacent to an activating group) is 1. The van der Waals surface area contributed by atoms with Crippen molar-refractivity contribution in [3.63, 3.8) is 0 Å². The Balaban J connectivity index is 1.44. The standard InChI is InChI=1S/C27H37N2O3/c1-29(20-16-22-14-17-28-18-15-22)19-8-13-25(29)21-32-26(30)27(31,23-9-4-2-5-10-23)24-11-6-3-7-12-24/h2,4-5,9-10,14-15,17-18,24-25,31H,3,6-8,11-13,16,19-21H2,1H3/q+1/t25-,27?,29?/m1/s1. The average Bonchev–Trinajstić information content (AvgIpc) is 3.23. The van der Waals surface area contributed by atoms with E-state index in [0.717, 1.165) is 62.5 Å². The number of hydrogen-bond acceptors (Lipinski definition) is 4. The predicted octanol–water partition coefficient (Wildman–Crippen LogP) is 4.24. The molecule has 32 heavy (non-hydrogen) atoms. The van der Waals surface area contributed by atoms with Gasteiger partial charge in [0.25, 0.3) is 0 Å². The molecule has 2 unspecified atom stereocenters. The summed E-state index contributed by atoms with van der Waals surface area (Å²) in [6.07, 6.45) is 11.9. The molecule has 3 atom stereocenters. The molecule has 1 aromatic heterocycles. The summed E-state index contributed by atoms with van der Waals surface area (Å²) in [7, 11) is 2.28. The molecule has 1 N–H and O–H groups in total. The molecule has 1 saturated heterocycles. The van der Waals surface area contributed by atoms with Gasteiger partial charge in [-0.1, -0.05) is 49.6 Å². The molecular weight excluding hydrogens is 400 g/mol. The molecule has 1 aliphatic heterocycles. The van der Waals surface area contributed by atoms with Gasteiger partial charge in [0.05, 0.1) is 20.1 Å². The highest BCUT2D eigenvalue weighted by Crippen LogP contribution is 2.40. The van der Waals surface area contributed by atoms with Crippen LogP contribution in [0, 0.1) is 5.92 Å². The summed E-state index contributed by atoms with van der Waals surface area (Å²) in [6, 6.07) is 13.8. The highest BCUT2D eigenvalue weighted by Gasteiger charge is 2.48. The fraction of sp³-hybridized carbons (Fsp3) is 0.556. The number of benzene rings is 1. The zero-order valence-corrected chi connectivity index (χ0v) is 19.3. The minimum Gasteiger partial charge on any atom is -0.457 e. The number of pyridine rings is 1. The van der Waals surface area contributed by atoms with Crippen LogP contribution in [0.3, 0.4) is 0 Å². The lowest BCUT2D eigenvalue weighted by Crippen LogP contribution is -2.52. The van der Waals surface area contributed by atoms with Gasteiger partial charge in [0, 0.05) is 37.6 Å². The largest absolute Gasteiger partial charge is 0.457 e. The minimum atomic E-state index is -1.55. The average molecular weight is 438 g/mol. The third kappa shape index (κ3) is 4.89. The number of nitrogens with zero attached hydrogens (tertiary/aromatic N) is 2. The maximum absolute atomic E-state index is 13.4. The molecule has 5 nitrogen and oxygen atoms in total. The van der Waals surface area contributed by atoms with Gasteiger partial charge < -0.3 is 14.3 Å². The van der Waals surface area contributed by atoms with E-state index in [1.54, 1.807) is 0 Å². The van der Waals surface area contributed by atoms with Gasteiger partial charge in [-0.05, 0) is 36.1 Å². The Hall–Kier alpha value is -2.24. The summed E-state index contributed by atoms with van der Waals surface area (Å²) in [5, 5.41) is 11.7. The van der Waals surface area contributed by atoms with Gasteiger partial charge in [-0.15, -0.1) is 0 Å². The van der Waals surface area contributed by atoms with E-state index in [4.69, 9.17) is 4.74 Å². The van der Waals surface area contributed by atoms with E-state index in [-0.39, 0.29) is 12.0 Å². The first kappa shape index (κ1) is 22.9. The van der Waals surface area contributed by atoms with E-state index >= 15 is 0 Å². The number of ether oxygens (including phenoxy) is 1. The van der Waals surface area contributed by atoms with Gasteiger partial charge in [-0.2, -0.15) is 0 Å². The number of carbonyl (C=O) groups excluding carboxylic acids is 1. The van der Waals surface area contributed by atoms with Crippen molar-refractivity contribution in [1.82, 2.24) is 4.98 Å². The van der Waals surface area contributed by atoms with Gasteiger partial charge in [0.15, 0.2) is 5.60 Å². The third-order valence-electron chi connectivity index (χ3n) is 7.88. The fourth-order valence-corrected chi connectivity index (χ4v) is 5.69. The van der Waals surface area contributed by atoms with Gasteiger partial charge in [-0.25, -0.2) is 4.79 Å². The zero-order chi connectivity index (χ0) is 22.4. The lowest BCUT2D eigenvalue weighted by Gasteiger charge is -2.39. The number of esters is 1. The van der Waals surface area contributed by atoms with Gasteiger partial charge in [0.1, 0.15) is 12.6 Å². The first-order valence-corrected chi connectivity index (χ1v) is 12.2. The maximum Gasteiger partial charge on any atom is 0.343 e. The molecule has 2 fully saturated rings. The van der Waals surface area contributed by atoms with Crippen LogP contribution in [0.5, 0.6) is 0 Å². The van der Waals surface area contributed by atoms with Crippen LogP contribution in [0.4, 0.5) is 0 Å². The first-order chi connectivity index (χ1) is 15.5. The van der Waals surface area contributed by atoms with Crippen molar-refractivity contribution in [2.45, 2.75) is 63.0 Å². The highest BCUT2D eigenvalue weighted by molar-refractivity contribution is 5.81. The van der Waals surface area contributed by atoms with Crippen LogP contribution < -0.4 is 0 Å². The molecule has 1 aromatic carbocycles. The quantitative estimate of drug-likeness (QED) is 0.496. The van der Waals surface area contributed by atoms with Crippen molar-refractivity contribution in [2.24, 2.45) is 5.92 Å². The van der Waals surface area contributed by atoms with Crippen LogP contribution in [0.25, 0.3) is 0 Å². The Kier molecular flexibility index (Phi) is 7.27. The summed E-state index contributed by atoms with van der Waals surface area (Å²) < 4.78 is 6.84. The van der Waals surface area contributed by atoms with Crippen LogP contribution in [0.1, 0.15) is 56.1 Å². The monoisotopic (exact) mass is 437 g/mol. The Morgan fingerprint density at radius 2 is 1.78 bits per heavy atom. The molecule has 0 spiro atoms. The van der Waals surface area contributed by atoms with E-state index in [0.29, 0.717) is 12.2 Å². The smallest absolute Gasteiger partial charge is 0.343 e. The number of carbonyl (C=O) groups is 1. The lowest BCUT2D eigenvalue weighted by atomic mass is 9.73. The van der Waals surface area contributed by atoms with Gasteiger partial charge in [-0.3, -0.25) is 4.98 Å². The predicted molar refractivity (Wildman–Crippen MR) is 125 cm³/mol. The first-order valence-electron chi connectivity index (χ1n) is 12.2. The van der Waals surface area contributed by atoms with Gasteiger partial charge in [0.2, 0.25) is 0 Å². The Morgan fingerprint density at radius 3 is 2.50 bits per heavy atom. The van der Waals surface area contributed by atoms with Crippen molar-refractivity contribution < 1.29 is 19.1 Å². The van der Waals surface area contributed by atoms with E-state index < -0.39 is 11.6 Å². The molecule has 0 radical (unpaired) electrons. The molecule has 5 heteroatoms. The molecule has 2 heterocycles. The molecule has 172 valence electrons. The number of likely N-dealkylation sites (tertiary alicyclic amines) is 1. The van der Waals surface area contributed by atoms with Crippen LogP contribution in [-0.4, -0.2) is 53.3 Å². The highest BCUT2D eigenvalue weighted by atomic mass is 16.6. The molecular formula is C27H37N2O3+. The number of hydrogen-bond donors (Lipinski definition) is 1. The summed E-state index contributed by atoms with van der Waals surface area (Å²) >= 11 is 0. The summed E-state index contributed by atoms with van der Waals surface area (Å²) in [6.45, 7) is 2.48. The number of quaternary nitrogens is 1. The van der Waals surface area contributed by atoms with Crippen molar-refractivity contribution in [1.29, 1.82) is 0 Å². The second-order valence-corrected chi connectivity index (χ2v) is 9.89. The zero-order valence-electron chi connectivity index (χ0n) is 19.3. The van der Waals surface area contributed by atoms with Crippen LogP contribution in [-0.2, 0) is 21.6 Å². The van der Waals surface area contributed by atoms with Crippen molar-refractivity contribution >= 4 is 5.97 Å². The SMILES string of the molecule is C[N+]1(CCc2ccncc2)CCC[C@@H]1COC(=O)C(O)(c1ccccc1)C1CCCCC1. The second kappa shape index (κ2) is 10.1. The van der Waals surface area contributed by atoms with Gasteiger partial charge >= 0.3 is 5.97 Å². The molecule has 2 aliphatic rings. The normalized spacial score (nSPS) is 25.9. The molecule has 4 rings (SSSR count). The summed E-state index contributed by atoms with van der Waals surface area (Å²) in [5.41, 5.74) is 0.400. The number of rotatable bonds is 8.